The second-order valence-corrected chi connectivity index (χ2v) is 4.59. The van der Waals surface area contributed by atoms with Gasteiger partial charge in [0.25, 0.3) is 0 Å². The first-order chi connectivity index (χ1) is 7.99. The topological polar surface area (TPSA) is 52.3 Å². The number of methoxy groups -OCH3 is 1. The molecule has 1 unspecified atom stereocenters. The van der Waals surface area contributed by atoms with Crippen LogP contribution in [0.4, 0.5) is 14.5 Å². The van der Waals surface area contributed by atoms with Gasteiger partial charge < -0.3 is 10.5 Å². The van der Waals surface area contributed by atoms with E-state index >= 15 is 0 Å². The average Bonchev–Trinajstić information content (AvgIpc) is 2.31. The van der Waals surface area contributed by atoms with Gasteiger partial charge in [-0.1, -0.05) is 6.92 Å². The summed E-state index contributed by atoms with van der Waals surface area (Å²) >= 11 is 0.975. The van der Waals surface area contributed by atoms with Crippen LogP contribution in [-0.4, -0.2) is 18.3 Å². The summed E-state index contributed by atoms with van der Waals surface area (Å²) in [6, 6.07) is 1.89. The van der Waals surface area contributed by atoms with Gasteiger partial charge in [0.1, 0.15) is 16.9 Å². The largest absolute Gasteiger partial charge is 0.468 e. The number of rotatable bonds is 4. The molecule has 0 aliphatic rings. The van der Waals surface area contributed by atoms with Crippen LogP contribution in [0.15, 0.2) is 17.0 Å². The maximum Gasteiger partial charge on any atom is 0.319 e. The SMILES string of the molecule is CCC(Sc1cc(N)c(F)cc1F)C(=O)OC. The van der Waals surface area contributed by atoms with Crippen molar-refractivity contribution in [3.05, 3.63) is 23.8 Å². The van der Waals surface area contributed by atoms with Crippen molar-refractivity contribution in [3.63, 3.8) is 0 Å². The van der Waals surface area contributed by atoms with Crippen molar-refractivity contribution in [2.45, 2.75) is 23.5 Å². The molecule has 0 spiro atoms. The minimum Gasteiger partial charge on any atom is -0.468 e. The molecule has 94 valence electrons. The summed E-state index contributed by atoms with van der Waals surface area (Å²) in [4.78, 5) is 11.5. The molecule has 1 atom stereocenters. The van der Waals surface area contributed by atoms with Gasteiger partial charge in [0.15, 0.2) is 0 Å². The normalized spacial score (nSPS) is 12.2. The lowest BCUT2D eigenvalue weighted by Gasteiger charge is -2.13. The summed E-state index contributed by atoms with van der Waals surface area (Å²) in [5.74, 6) is -1.98. The van der Waals surface area contributed by atoms with Crippen LogP contribution in [0.2, 0.25) is 0 Å². The van der Waals surface area contributed by atoms with Crippen molar-refractivity contribution < 1.29 is 18.3 Å². The van der Waals surface area contributed by atoms with E-state index in [1.165, 1.54) is 13.2 Å². The van der Waals surface area contributed by atoms with Gasteiger partial charge in [-0.15, -0.1) is 11.8 Å². The third-order valence-electron chi connectivity index (χ3n) is 2.16. The Labute approximate surface area is 102 Å². The van der Waals surface area contributed by atoms with Gasteiger partial charge in [0.2, 0.25) is 0 Å². The monoisotopic (exact) mass is 261 g/mol. The minimum atomic E-state index is -0.807. The van der Waals surface area contributed by atoms with Crippen LogP contribution in [0.25, 0.3) is 0 Å². The highest BCUT2D eigenvalue weighted by Crippen LogP contribution is 2.31. The van der Waals surface area contributed by atoms with Crippen LogP contribution >= 0.6 is 11.8 Å². The van der Waals surface area contributed by atoms with Gasteiger partial charge >= 0.3 is 5.97 Å². The van der Waals surface area contributed by atoms with E-state index in [1.807, 2.05) is 0 Å². The minimum absolute atomic E-state index is 0.140. The molecule has 2 N–H and O–H groups in total. The maximum absolute atomic E-state index is 13.4. The third kappa shape index (κ3) is 3.33. The molecule has 17 heavy (non-hydrogen) atoms. The zero-order valence-corrected chi connectivity index (χ0v) is 10.3. The molecule has 0 radical (unpaired) electrons. The number of hydrogen-bond acceptors (Lipinski definition) is 4. The molecule has 0 saturated carbocycles. The first-order valence-electron chi connectivity index (χ1n) is 4.98. The number of carbonyl (C=O) groups is 1. The highest BCUT2D eigenvalue weighted by atomic mass is 32.2. The number of ether oxygens (including phenoxy) is 1. The van der Waals surface area contributed by atoms with E-state index in [2.05, 4.69) is 4.74 Å². The van der Waals surface area contributed by atoms with E-state index in [0.717, 1.165) is 11.8 Å². The second kappa shape index (κ2) is 5.86. The Morgan fingerprint density at radius 1 is 1.47 bits per heavy atom. The average molecular weight is 261 g/mol. The summed E-state index contributed by atoms with van der Waals surface area (Å²) in [5, 5.41) is -0.528. The molecule has 0 aromatic heterocycles. The molecule has 3 nitrogen and oxygen atoms in total. The Hall–Kier alpha value is -1.30. The zero-order chi connectivity index (χ0) is 13.0. The van der Waals surface area contributed by atoms with Crippen molar-refractivity contribution in [3.8, 4) is 0 Å². The summed E-state index contributed by atoms with van der Waals surface area (Å²) in [7, 11) is 1.26. The Balaban J connectivity index is 2.94. The molecule has 0 saturated heterocycles. The number of nitrogens with two attached hydrogens (primary N) is 1. The van der Waals surface area contributed by atoms with E-state index < -0.39 is 22.9 Å². The van der Waals surface area contributed by atoms with Gasteiger partial charge in [-0.25, -0.2) is 8.78 Å². The molecule has 0 bridgehead atoms. The number of esters is 1. The van der Waals surface area contributed by atoms with Crippen LogP contribution in [0, 0.1) is 11.6 Å². The molecule has 1 aromatic rings. The van der Waals surface area contributed by atoms with Crippen LogP contribution in [0.5, 0.6) is 0 Å². The molecule has 6 heteroatoms. The van der Waals surface area contributed by atoms with Gasteiger partial charge in [-0.05, 0) is 12.5 Å². The van der Waals surface area contributed by atoms with E-state index in [-0.39, 0.29) is 10.6 Å². The molecular weight excluding hydrogens is 248 g/mol. The van der Waals surface area contributed by atoms with Crippen molar-refractivity contribution in [2.75, 3.05) is 12.8 Å². The Morgan fingerprint density at radius 2 is 2.12 bits per heavy atom. The quantitative estimate of drug-likeness (QED) is 0.514. The number of carbonyl (C=O) groups excluding carboxylic acids is 1. The Kier molecular flexibility index (Phi) is 4.74. The number of anilines is 1. The summed E-state index contributed by atoms with van der Waals surface area (Å²) in [5.41, 5.74) is 5.20. The van der Waals surface area contributed by atoms with Crippen molar-refractivity contribution >= 4 is 23.4 Å². The van der Waals surface area contributed by atoms with Gasteiger partial charge in [-0.3, -0.25) is 4.79 Å². The van der Waals surface area contributed by atoms with E-state index in [1.54, 1.807) is 6.92 Å². The smallest absolute Gasteiger partial charge is 0.319 e. The molecular formula is C11H13F2NO2S. The Bertz CT molecular complexity index is 426. The van der Waals surface area contributed by atoms with Gasteiger partial charge in [0, 0.05) is 11.0 Å². The predicted octanol–water partition coefficient (Wildman–Crippen LogP) is 2.59. The van der Waals surface area contributed by atoms with Crippen molar-refractivity contribution in [1.82, 2.24) is 0 Å². The standard InChI is InChI=1S/C11H13F2NO2S/c1-3-9(11(15)16-2)17-10-5-8(14)6(12)4-7(10)13/h4-5,9H,3,14H2,1-2H3. The van der Waals surface area contributed by atoms with Gasteiger partial charge in [-0.2, -0.15) is 0 Å². The lowest BCUT2D eigenvalue weighted by Crippen LogP contribution is -2.17. The zero-order valence-electron chi connectivity index (χ0n) is 9.50. The lowest BCUT2D eigenvalue weighted by molar-refractivity contribution is -0.140. The van der Waals surface area contributed by atoms with Crippen LogP contribution in [-0.2, 0) is 9.53 Å². The molecule has 1 aromatic carbocycles. The fourth-order valence-corrected chi connectivity index (χ4v) is 2.25. The number of halogens is 2. The van der Waals surface area contributed by atoms with Crippen molar-refractivity contribution in [1.29, 1.82) is 0 Å². The highest BCUT2D eigenvalue weighted by molar-refractivity contribution is 8.00. The van der Waals surface area contributed by atoms with Gasteiger partial charge in [0.05, 0.1) is 12.8 Å². The predicted molar refractivity (Wildman–Crippen MR) is 62.7 cm³/mol. The number of benzene rings is 1. The fraction of sp³-hybridized carbons (Fsp3) is 0.364. The first kappa shape index (κ1) is 13.8. The fourth-order valence-electron chi connectivity index (χ4n) is 1.22. The molecule has 0 aliphatic carbocycles. The summed E-state index contributed by atoms with van der Waals surface area (Å²) in [6.45, 7) is 1.78. The van der Waals surface area contributed by atoms with Crippen LogP contribution in [0.3, 0.4) is 0 Å². The molecule has 0 amide bonds. The number of hydrogen-bond donors (Lipinski definition) is 1. The van der Waals surface area contributed by atoms with E-state index in [9.17, 15) is 13.6 Å². The van der Waals surface area contributed by atoms with Crippen molar-refractivity contribution in [2.24, 2.45) is 0 Å². The summed E-state index contributed by atoms with van der Waals surface area (Å²) in [6.07, 6.45) is 0.480. The first-order valence-corrected chi connectivity index (χ1v) is 5.86. The number of nitrogen functional groups attached to an aromatic ring is 1. The van der Waals surface area contributed by atoms with E-state index in [4.69, 9.17) is 5.73 Å². The third-order valence-corrected chi connectivity index (χ3v) is 3.53. The lowest BCUT2D eigenvalue weighted by atomic mass is 10.3. The Morgan fingerprint density at radius 3 is 2.65 bits per heavy atom. The van der Waals surface area contributed by atoms with Crippen LogP contribution in [0.1, 0.15) is 13.3 Å². The molecule has 1 rings (SSSR count). The van der Waals surface area contributed by atoms with E-state index in [0.29, 0.717) is 12.5 Å². The molecule has 0 fully saturated rings. The second-order valence-electron chi connectivity index (χ2n) is 3.34. The molecule has 0 aliphatic heterocycles. The molecule has 0 heterocycles. The highest BCUT2D eigenvalue weighted by Gasteiger charge is 2.20. The van der Waals surface area contributed by atoms with Crippen LogP contribution < -0.4 is 5.73 Å². The maximum atomic E-state index is 13.4. The summed E-state index contributed by atoms with van der Waals surface area (Å²) < 4.78 is 30.9. The number of thioether (sulfide) groups is 1.